The second-order valence-electron chi connectivity index (χ2n) is 6.36. The number of benzene rings is 1. The number of carbonyl (C=O) groups is 2. The van der Waals surface area contributed by atoms with E-state index in [-0.39, 0.29) is 23.7 Å². The fourth-order valence-electron chi connectivity index (χ4n) is 3.94. The molecule has 3 nitrogen and oxygen atoms in total. The van der Waals surface area contributed by atoms with Gasteiger partial charge in [0.1, 0.15) is 0 Å². The van der Waals surface area contributed by atoms with Crippen LogP contribution in [0.4, 0.5) is 5.69 Å². The Bertz CT molecular complexity index is 578. The van der Waals surface area contributed by atoms with Crippen LogP contribution in [0, 0.1) is 31.6 Å². The van der Waals surface area contributed by atoms with Gasteiger partial charge in [-0.1, -0.05) is 29.3 Å². The second-order valence-corrected chi connectivity index (χ2v) is 7.27. The van der Waals surface area contributed by atoms with Crippen molar-refractivity contribution in [1.29, 1.82) is 0 Å². The summed E-state index contributed by atoms with van der Waals surface area (Å²) in [5, 5.41) is 0. The Hall–Kier alpha value is -1.16. The zero-order chi connectivity index (χ0) is 15.3. The lowest BCUT2D eigenvalue weighted by Crippen LogP contribution is -2.33. The van der Waals surface area contributed by atoms with Crippen molar-refractivity contribution in [1.82, 2.24) is 0 Å². The van der Waals surface area contributed by atoms with Crippen LogP contribution >= 0.6 is 15.9 Å². The number of halogens is 1. The third-order valence-electron chi connectivity index (χ3n) is 4.99. The molecule has 1 saturated heterocycles. The van der Waals surface area contributed by atoms with Crippen LogP contribution in [0.3, 0.4) is 0 Å². The van der Waals surface area contributed by atoms with Gasteiger partial charge < -0.3 is 0 Å². The van der Waals surface area contributed by atoms with E-state index in [0.717, 1.165) is 40.5 Å². The van der Waals surface area contributed by atoms with Crippen LogP contribution in [0.25, 0.3) is 0 Å². The first-order valence-electron chi connectivity index (χ1n) is 7.58. The highest BCUT2D eigenvalue weighted by Gasteiger charge is 2.53. The number of amides is 2. The number of hydrogen-bond acceptors (Lipinski definition) is 2. The molecule has 0 aromatic heterocycles. The molecular weight excluding hydrogens is 330 g/mol. The van der Waals surface area contributed by atoms with Crippen LogP contribution in [0.1, 0.15) is 37.3 Å². The summed E-state index contributed by atoms with van der Waals surface area (Å²) < 4.78 is 0.978. The average molecular weight is 350 g/mol. The number of fused-ring (bicyclic) bond motifs is 1. The minimum Gasteiger partial charge on any atom is -0.274 e. The molecule has 2 aliphatic rings. The van der Waals surface area contributed by atoms with Crippen LogP contribution in [0.15, 0.2) is 16.6 Å². The summed E-state index contributed by atoms with van der Waals surface area (Å²) in [6.07, 6.45) is 2.80. The molecule has 0 bridgehead atoms. The van der Waals surface area contributed by atoms with Crippen molar-refractivity contribution in [2.24, 2.45) is 17.8 Å². The molecule has 0 spiro atoms. The van der Waals surface area contributed by atoms with Gasteiger partial charge in [0.25, 0.3) is 0 Å². The number of hydrogen-bond donors (Lipinski definition) is 0. The van der Waals surface area contributed by atoms with Gasteiger partial charge in [-0.2, -0.15) is 0 Å². The van der Waals surface area contributed by atoms with Crippen molar-refractivity contribution in [3.05, 3.63) is 27.7 Å². The van der Waals surface area contributed by atoms with E-state index in [1.54, 1.807) is 0 Å². The largest absolute Gasteiger partial charge is 0.274 e. The maximum absolute atomic E-state index is 12.7. The van der Waals surface area contributed by atoms with Crippen LogP contribution in [-0.2, 0) is 9.59 Å². The van der Waals surface area contributed by atoms with Crippen molar-refractivity contribution in [3.8, 4) is 0 Å². The van der Waals surface area contributed by atoms with E-state index in [9.17, 15) is 9.59 Å². The smallest absolute Gasteiger partial charge is 0.237 e. The lowest BCUT2D eigenvalue weighted by molar-refractivity contribution is -0.123. The summed E-state index contributed by atoms with van der Waals surface area (Å²) in [6, 6.07) is 3.93. The molecule has 0 N–H and O–H groups in total. The van der Waals surface area contributed by atoms with Crippen LogP contribution < -0.4 is 4.90 Å². The van der Waals surface area contributed by atoms with E-state index in [4.69, 9.17) is 0 Å². The van der Waals surface area contributed by atoms with E-state index in [1.807, 2.05) is 26.0 Å². The highest BCUT2D eigenvalue weighted by molar-refractivity contribution is 9.10. The highest BCUT2D eigenvalue weighted by atomic mass is 79.9. The summed E-state index contributed by atoms with van der Waals surface area (Å²) in [4.78, 5) is 26.9. The Morgan fingerprint density at radius 1 is 1.10 bits per heavy atom. The number of carbonyl (C=O) groups excluding carboxylic acids is 2. The Morgan fingerprint density at radius 2 is 1.57 bits per heavy atom. The maximum Gasteiger partial charge on any atom is 0.237 e. The van der Waals surface area contributed by atoms with Gasteiger partial charge in [-0.15, -0.1) is 0 Å². The molecule has 4 heteroatoms. The van der Waals surface area contributed by atoms with Crippen LogP contribution in [0.2, 0.25) is 0 Å². The molecule has 1 aliphatic carbocycles. The summed E-state index contributed by atoms with van der Waals surface area (Å²) in [5.74, 6) is 0.362. The van der Waals surface area contributed by atoms with Gasteiger partial charge in [0, 0.05) is 4.47 Å². The highest BCUT2D eigenvalue weighted by Crippen LogP contribution is 2.46. The molecule has 1 saturated carbocycles. The molecule has 3 rings (SSSR count). The van der Waals surface area contributed by atoms with E-state index in [1.165, 1.54) is 4.90 Å². The molecule has 1 aromatic rings. The molecule has 2 unspecified atom stereocenters. The molecule has 0 radical (unpaired) electrons. The fraction of sp³-hybridized carbons (Fsp3) is 0.529. The van der Waals surface area contributed by atoms with Crippen molar-refractivity contribution in [2.45, 2.75) is 40.0 Å². The maximum atomic E-state index is 12.7. The lowest BCUT2D eigenvalue weighted by Gasteiger charge is -2.22. The normalized spacial score (nSPS) is 28.4. The number of nitrogens with zero attached hydrogens (tertiary/aromatic N) is 1. The summed E-state index contributed by atoms with van der Waals surface area (Å²) in [6.45, 7) is 6.05. The van der Waals surface area contributed by atoms with Crippen molar-refractivity contribution in [2.75, 3.05) is 4.90 Å². The number of imide groups is 1. The number of anilines is 1. The number of aryl methyl sites for hydroxylation is 2. The standard InChI is InChI=1S/C17H20BrNO2/c1-4-11-7-13-14(8-11)17(21)19(16(13)20)15-9(2)5-12(18)6-10(15)3/h5-6,11,13-14H,4,7-8H2,1-3H3. The monoisotopic (exact) mass is 349 g/mol. The quantitative estimate of drug-likeness (QED) is 0.757. The minimum atomic E-state index is -0.0927. The van der Waals surface area contributed by atoms with Gasteiger partial charge >= 0.3 is 0 Å². The van der Waals surface area contributed by atoms with Crippen molar-refractivity contribution in [3.63, 3.8) is 0 Å². The third-order valence-corrected chi connectivity index (χ3v) is 5.45. The summed E-state index contributed by atoms with van der Waals surface area (Å²) >= 11 is 3.46. The van der Waals surface area contributed by atoms with E-state index in [0.29, 0.717) is 5.92 Å². The molecule has 2 amide bonds. The summed E-state index contributed by atoms with van der Waals surface area (Å²) in [5.41, 5.74) is 2.72. The Kier molecular flexibility index (Phi) is 3.68. The van der Waals surface area contributed by atoms with E-state index in [2.05, 4.69) is 22.9 Å². The van der Waals surface area contributed by atoms with Crippen LogP contribution in [0.5, 0.6) is 0 Å². The Morgan fingerprint density at radius 3 is 2.00 bits per heavy atom. The van der Waals surface area contributed by atoms with Crippen molar-refractivity contribution >= 4 is 33.4 Å². The van der Waals surface area contributed by atoms with Gasteiger partial charge in [0.05, 0.1) is 17.5 Å². The Labute approximate surface area is 133 Å². The molecule has 2 atom stereocenters. The Balaban J connectivity index is 1.99. The molecule has 112 valence electrons. The van der Waals surface area contributed by atoms with Gasteiger partial charge in [0.2, 0.25) is 11.8 Å². The van der Waals surface area contributed by atoms with Gasteiger partial charge in [0.15, 0.2) is 0 Å². The molecule has 1 heterocycles. The average Bonchev–Trinajstić information content (AvgIpc) is 2.93. The van der Waals surface area contributed by atoms with E-state index < -0.39 is 0 Å². The predicted molar refractivity (Wildman–Crippen MR) is 86.1 cm³/mol. The zero-order valence-corrected chi connectivity index (χ0v) is 14.2. The van der Waals surface area contributed by atoms with Crippen molar-refractivity contribution < 1.29 is 9.59 Å². The fourth-order valence-corrected chi connectivity index (χ4v) is 4.63. The second kappa shape index (κ2) is 5.24. The van der Waals surface area contributed by atoms with Gasteiger partial charge in [-0.25, -0.2) is 4.90 Å². The molecular formula is C17H20BrNO2. The van der Waals surface area contributed by atoms with Gasteiger partial charge in [-0.3, -0.25) is 9.59 Å². The zero-order valence-electron chi connectivity index (χ0n) is 12.6. The lowest BCUT2D eigenvalue weighted by atomic mass is 10.00. The molecule has 21 heavy (non-hydrogen) atoms. The summed E-state index contributed by atoms with van der Waals surface area (Å²) in [7, 11) is 0. The SMILES string of the molecule is CCC1CC2C(=O)N(c3c(C)cc(Br)cc3C)C(=O)C2C1. The first kappa shape index (κ1) is 14.8. The predicted octanol–water partition coefficient (Wildman–Crippen LogP) is 3.99. The van der Waals surface area contributed by atoms with Crippen LogP contribution in [-0.4, -0.2) is 11.8 Å². The van der Waals surface area contributed by atoms with Gasteiger partial charge in [-0.05, 0) is 55.9 Å². The van der Waals surface area contributed by atoms with E-state index >= 15 is 0 Å². The minimum absolute atomic E-state index is 0.00877. The number of rotatable bonds is 2. The third kappa shape index (κ3) is 2.24. The topological polar surface area (TPSA) is 37.4 Å². The first-order chi connectivity index (χ1) is 9.93. The molecule has 1 aromatic carbocycles. The molecule has 1 aliphatic heterocycles. The molecule has 2 fully saturated rings. The first-order valence-corrected chi connectivity index (χ1v) is 8.37.